The van der Waals surface area contributed by atoms with Crippen molar-refractivity contribution < 1.29 is 9.53 Å². The molecule has 0 aromatic heterocycles. The van der Waals surface area contributed by atoms with Crippen LogP contribution < -0.4 is 0 Å². The molecule has 2 rings (SSSR count). The van der Waals surface area contributed by atoms with E-state index >= 15 is 0 Å². The van der Waals surface area contributed by atoms with Crippen molar-refractivity contribution in [3.63, 3.8) is 0 Å². The van der Waals surface area contributed by atoms with Crippen LogP contribution in [0.3, 0.4) is 0 Å². The van der Waals surface area contributed by atoms with Gasteiger partial charge >= 0.3 is 0 Å². The molecule has 1 saturated heterocycles. The summed E-state index contributed by atoms with van der Waals surface area (Å²) in [5, 5.41) is 0.813. The van der Waals surface area contributed by atoms with Gasteiger partial charge in [-0.1, -0.05) is 28.1 Å². The Bertz CT molecular complexity index is 385. The van der Waals surface area contributed by atoms with Gasteiger partial charge in [-0.25, -0.2) is 0 Å². The maximum absolute atomic E-state index is 12.2. The minimum atomic E-state index is 0.0709. The number of likely N-dealkylation sites (N-methyl/N-ethyl adjacent to an activating group) is 1. The van der Waals surface area contributed by atoms with Gasteiger partial charge in [0.1, 0.15) is 0 Å². The van der Waals surface area contributed by atoms with Gasteiger partial charge in [0.2, 0.25) is 0 Å². The fraction of sp³-hybridized carbons (Fsp3) is 0.462. The predicted molar refractivity (Wildman–Crippen MR) is 70.4 cm³/mol. The van der Waals surface area contributed by atoms with Crippen LogP contribution in [0.4, 0.5) is 0 Å². The lowest BCUT2D eigenvalue weighted by Crippen LogP contribution is -2.37. The molecule has 0 aliphatic carbocycles. The summed E-state index contributed by atoms with van der Waals surface area (Å²) in [6, 6.07) is 7.93. The van der Waals surface area contributed by atoms with E-state index in [0.29, 0.717) is 6.61 Å². The van der Waals surface area contributed by atoms with E-state index in [1.807, 2.05) is 31.3 Å². The number of carbonyl (C=O) groups is 1. The van der Waals surface area contributed by atoms with Gasteiger partial charge in [-0.2, -0.15) is 0 Å². The number of ether oxygens (including phenoxy) is 1. The average molecular weight is 298 g/mol. The summed E-state index contributed by atoms with van der Waals surface area (Å²) in [5.41, 5.74) is 1.91. The highest BCUT2D eigenvalue weighted by molar-refractivity contribution is 9.08. The van der Waals surface area contributed by atoms with Crippen molar-refractivity contribution in [2.24, 2.45) is 0 Å². The molecule has 92 valence electrons. The quantitative estimate of drug-likeness (QED) is 0.802. The van der Waals surface area contributed by atoms with Crippen molar-refractivity contribution in [1.82, 2.24) is 4.90 Å². The van der Waals surface area contributed by atoms with Crippen molar-refractivity contribution in [3.05, 3.63) is 35.4 Å². The summed E-state index contributed by atoms with van der Waals surface area (Å²) >= 11 is 3.39. The third-order valence-corrected chi connectivity index (χ3v) is 3.78. The lowest BCUT2D eigenvalue weighted by molar-refractivity contribution is 0.0711. The zero-order chi connectivity index (χ0) is 12.3. The van der Waals surface area contributed by atoms with Gasteiger partial charge in [0.15, 0.2) is 0 Å². The molecule has 1 aromatic rings. The Hall–Kier alpha value is -0.870. The molecule has 4 heteroatoms. The van der Waals surface area contributed by atoms with Crippen LogP contribution in [0.15, 0.2) is 24.3 Å². The van der Waals surface area contributed by atoms with E-state index in [-0.39, 0.29) is 11.9 Å². The number of amides is 1. The summed E-state index contributed by atoms with van der Waals surface area (Å²) in [5.74, 6) is 0.0709. The maximum Gasteiger partial charge on any atom is 0.253 e. The van der Waals surface area contributed by atoms with Crippen LogP contribution in [0.2, 0.25) is 0 Å². The van der Waals surface area contributed by atoms with Gasteiger partial charge in [0.05, 0.1) is 12.6 Å². The second-order valence-corrected chi connectivity index (χ2v) is 4.82. The third-order valence-electron chi connectivity index (χ3n) is 3.13. The first-order valence-electron chi connectivity index (χ1n) is 5.72. The molecular weight excluding hydrogens is 282 g/mol. The predicted octanol–water partition coefficient (Wildman–Crippen LogP) is 2.44. The number of rotatable bonds is 3. The molecule has 1 aliphatic heterocycles. The molecule has 1 amide bonds. The molecule has 1 aromatic carbocycles. The molecule has 1 fully saturated rings. The fourth-order valence-electron chi connectivity index (χ4n) is 1.93. The van der Waals surface area contributed by atoms with Gasteiger partial charge in [-0.3, -0.25) is 4.79 Å². The van der Waals surface area contributed by atoms with E-state index in [1.54, 1.807) is 4.90 Å². The number of benzene rings is 1. The van der Waals surface area contributed by atoms with Crippen molar-refractivity contribution in [3.8, 4) is 0 Å². The van der Waals surface area contributed by atoms with E-state index in [0.717, 1.165) is 23.9 Å². The summed E-state index contributed by atoms with van der Waals surface area (Å²) in [6.07, 6.45) is 0.932. The topological polar surface area (TPSA) is 29.5 Å². The molecular formula is C13H16BrNO2. The number of hydrogen-bond donors (Lipinski definition) is 0. The number of halogens is 1. The lowest BCUT2D eigenvalue weighted by atomic mass is 10.1. The third kappa shape index (κ3) is 2.87. The lowest BCUT2D eigenvalue weighted by Gasteiger charge is -2.23. The molecule has 0 N–H and O–H groups in total. The molecule has 0 radical (unpaired) electrons. The molecule has 3 nitrogen and oxygen atoms in total. The summed E-state index contributed by atoms with van der Waals surface area (Å²) in [7, 11) is 1.85. The normalized spacial score (nSPS) is 19.3. The fourth-order valence-corrected chi connectivity index (χ4v) is 2.31. The van der Waals surface area contributed by atoms with Crippen LogP contribution in [-0.4, -0.2) is 37.1 Å². The van der Waals surface area contributed by atoms with Gasteiger partial charge in [0.25, 0.3) is 5.91 Å². The number of hydrogen-bond acceptors (Lipinski definition) is 2. The maximum atomic E-state index is 12.2. The number of nitrogens with zero attached hydrogens (tertiary/aromatic N) is 1. The van der Waals surface area contributed by atoms with Gasteiger partial charge in [-0.15, -0.1) is 0 Å². The molecule has 0 saturated carbocycles. The van der Waals surface area contributed by atoms with Crippen LogP contribution in [-0.2, 0) is 10.1 Å². The van der Waals surface area contributed by atoms with E-state index in [4.69, 9.17) is 4.74 Å². The largest absolute Gasteiger partial charge is 0.379 e. The number of alkyl halides is 1. The van der Waals surface area contributed by atoms with E-state index < -0.39 is 0 Å². The molecule has 1 heterocycles. The standard InChI is InChI=1S/C13H16BrNO2/c1-15(12-6-7-17-9-12)13(16)11-4-2-10(8-14)3-5-11/h2-5,12H,6-9H2,1H3. The first kappa shape index (κ1) is 12.6. The van der Waals surface area contributed by atoms with E-state index in [9.17, 15) is 4.79 Å². The molecule has 1 aliphatic rings. The van der Waals surface area contributed by atoms with E-state index in [1.165, 1.54) is 5.56 Å². The molecule has 0 bridgehead atoms. The Kier molecular flexibility index (Phi) is 4.18. The Labute approximate surface area is 110 Å². The van der Waals surface area contributed by atoms with Gasteiger partial charge in [-0.05, 0) is 24.1 Å². The van der Waals surface area contributed by atoms with Crippen molar-refractivity contribution in [1.29, 1.82) is 0 Å². The monoisotopic (exact) mass is 297 g/mol. The average Bonchev–Trinajstić information content (AvgIpc) is 2.91. The SMILES string of the molecule is CN(C(=O)c1ccc(CBr)cc1)C1CCOC1. The van der Waals surface area contributed by atoms with Crippen molar-refractivity contribution in [2.75, 3.05) is 20.3 Å². The zero-order valence-corrected chi connectivity index (χ0v) is 11.4. The van der Waals surface area contributed by atoms with Crippen LogP contribution in [0.5, 0.6) is 0 Å². The summed E-state index contributed by atoms with van der Waals surface area (Å²) in [6.45, 7) is 1.41. The molecule has 1 atom stereocenters. The molecule has 0 spiro atoms. The zero-order valence-electron chi connectivity index (χ0n) is 9.86. The molecule has 1 unspecified atom stereocenters. The minimum Gasteiger partial charge on any atom is -0.379 e. The van der Waals surface area contributed by atoms with Crippen molar-refractivity contribution in [2.45, 2.75) is 17.8 Å². The van der Waals surface area contributed by atoms with Crippen LogP contribution >= 0.6 is 15.9 Å². The van der Waals surface area contributed by atoms with Crippen molar-refractivity contribution >= 4 is 21.8 Å². The second-order valence-electron chi connectivity index (χ2n) is 4.26. The van der Waals surface area contributed by atoms with Crippen LogP contribution in [0.25, 0.3) is 0 Å². The van der Waals surface area contributed by atoms with Gasteiger partial charge < -0.3 is 9.64 Å². The Morgan fingerprint density at radius 2 is 2.18 bits per heavy atom. The first-order valence-corrected chi connectivity index (χ1v) is 6.84. The summed E-state index contributed by atoms with van der Waals surface area (Å²) in [4.78, 5) is 14.0. The Morgan fingerprint density at radius 1 is 1.47 bits per heavy atom. The molecule has 17 heavy (non-hydrogen) atoms. The summed E-state index contributed by atoms with van der Waals surface area (Å²) < 4.78 is 5.30. The highest BCUT2D eigenvalue weighted by atomic mass is 79.9. The first-order chi connectivity index (χ1) is 8.22. The minimum absolute atomic E-state index is 0.0709. The highest BCUT2D eigenvalue weighted by Crippen LogP contribution is 2.15. The van der Waals surface area contributed by atoms with Crippen LogP contribution in [0, 0.1) is 0 Å². The highest BCUT2D eigenvalue weighted by Gasteiger charge is 2.24. The second kappa shape index (κ2) is 5.65. The smallest absolute Gasteiger partial charge is 0.253 e. The Morgan fingerprint density at radius 3 is 2.71 bits per heavy atom. The number of carbonyl (C=O) groups excluding carboxylic acids is 1. The van der Waals surface area contributed by atoms with Gasteiger partial charge in [0, 0.05) is 24.5 Å². The Balaban J connectivity index is 2.07. The van der Waals surface area contributed by atoms with Crippen LogP contribution in [0.1, 0.15) is 22.3 Å². The van der Waals surface area contributed by atoms with E-state index in [2.05, 4.69) is 15.9 Å².